The first kappa shape index (κ1) is 21.3. The number of ether oxygens (including phenoxy) is 2. The van der Waals surface area contributed by atoms with E-state index < -0.39 is 0 Å². The van der Waals surface area contributed by atoms with E-state index in [2.05, 4.69) is 63.6 Å². The quantitative estimate of drug-likeness (QED) is 0.491. The number of rotatable bonds is 8. The zero-order valence-electron chi connectivity index (χ0n) is 18.7. The van der Waals surface area contributed by atoms with Gasteiger partial charge >= 0.3 is 0 Å². The molecule has 0 N–H and O–H groups in total. The highest BCUT2D eigenvalue weighted by molar-refractivity contribution is 5.86. The van der Waals surface area contributed by atoms with Gasteiger partial charge in [0.25, 0.3) is 0 Å². The van der Waals surface area contributed by atoms with Crippen molar-refractivity contribution in [2.45, 2.75) is 59.4 Å². The number of fused-ring (bicyclic) bond motifs is 1. The molecule has 29 heavy (non-hydrogen) atoms. The molecule has 3 rings (SSSR count). The molecular formula is C24H33N3O2. The number of aromatic nitrogens is 3. The maximum absolute atomic E-state index is 5.79. The fourth-order valence-corrected chi connectivity index (χ4v) is 3.87. The van der Waals surface area contributed by atoms with Crippen LogP contribution in [-0.4, -0.2) is 35.4 Å². The van der Waals surface area contributed by atoms with E-state index in [1.807, 2.05) is 0 Å². The fourth-order valence-electron chi connectivity index (χ4n) is 3.87. The Morgan fingerprint density at radius 1 is 1.10 bits per heavy atom. The normalized spacial score (nSPS) is 12.7. The third-order valence-electron chi connectivity index (χ3n) is 5.57. The highest BCUT2D eigenvalue weighted by Crippen LogP contribution is 2.36. The molecule has 0 bridgehead atoms. The number of hydrogen-bond acceptors (Lipinski definition) is 4. The van der Waals surface area contributed by atoms with Gasteiger partial charge in [0.1, 0.15) is 11.4 Å². The van der Waals surface area contributed by atoms with Crippen LogP contribution in [-0.2, 0) is 11.2 Å². The first-order chi connectivity index (χ1) is 13.9. The molecule has 0 spiro atoms. The molecule has 0 saturated heterocycles. The molecule has 3 aromatic rings. The zero-order valence-corrected chi connectivity index (χ0v) is 18.7. The van der Waals surface area contributed by atoms with Gasteiger partial charge in [-0.25, -0.2) is 4.98 Å². The molecule has 5 nitrogen and oxygen atoms in total. The topological polar surface area (TPSA) is 49.2 Å². The highest BCUT2D eigenvalue weighted by atomic mass is 16.5. The van der Waals surface area contributed by atoms with Crippen LogP contribution in [0.15, 0.2) is 24.4 Å². The average Bonchev–Trinajstić information content (AvgIpc) is 3.05. The molecule has 1 unspecified atom stereocenters. The summed E-state index contributed by atoms with van der Waals surface area (Å²) >= 11 is 0. The summed E-state index contributed by atoms with van der Waals surface area (Å²) < 4.78 is 13.5. The average molecular weight is 396 g/mol. The molecule has 0 aromatic carbocycles. The SMILES string of the molecule is CCc1nc(C(C)C)ccc1-c1nc2c(C)cn(C(CC)COC)c2cc1OC. The summed E-state index contributed by atoms with van der Waals surface area (Å²) in [5.74, 6) is 1.17. The van der Waals surface area contributed by atoms with Crippen LogP contribution in [0, 0.1) is 6.92 Å². The molecule has 0 aliphatic rings. The molecule has 3 aromatic heterocycles. The van der Waals surface area contributed by atoms with E-state index in [9.17, 15) is 0 Å². The monoisotopic (exact) mass is 395 g/mol. The zero-order chi connectivity index (χ0) is 21.1. The van der Waals surface area contributed by atoms with Crippen LogP contribution in [0.1, 0.15) is 63.0 Å². The molecule has 5 heteroatoms. The van der Waals surface area contributed by atoms with Crippen molar-refractivity contribution in [3.05, 3.63) is 41.3 Å². The van der Waals surface area contributed by atoms with Crippen LogP contribution in [0.5, 0.6) is 5.75 Å². The second-order valence-electron chi connectivity index (χ2n) is 7.88. The largest absolute Gasteiger partial charge is 0.494 e. The third-order valence-corrected chi connectivity index (χ3v) is 5.57. The fraction of sp³-hybridized carbons (Fsp3) is 0.500. The number of pyridine rings is 2. The molecule has 156 valence electrons. The number of methoxy groups -OCH3 is 2. The lowest BCUT2D eigenvalue weighted by Gasteiger charge is -2.18. The van der Waals surface area contributed by atoms with Gasteiger partial charge in [-0.2, -0.15) is 0 Å². The van der Waals surface area contributed by atoms with Crippen molar-refractivity contribution in [2.24, 2.45) is 0 Å². The van der Waals surface area contributed by atoms with E-state index in [0.717, 1.165) is 57.8 Å². The van der Waals surface area contributed by atoms with Crippen molar-refractivity contribution in [3.63, 3.8) is 0 Å². The summed E-state index contributed by atoms with van der Waals surface area (Å²) in [5.41, 5.74) is 7.32. The summed E-state index contributed by atoms with van der Waals surface area (Å²) in [6.07, 6.45) is 4.01. The van der Waals surface area contributed by atoms with Gasteiger partial charge in [-0.15, -0.1) is 0 Å². The van der Waals surface area contributed by atoms with Crippen LogP contribution in [0.25, 0.3) is 22.3 Å². The second-order valence-corrected chi connectivity index (χ2v) is 7.88. The van der Waals surface area contributed by atoms with Crippen molar-refractivity contribution in [1.29, 1.82) is 0 Å². The minimum atomic E-state index is 0.270. The van der Waals surface area contributed by atoms with Crippen LogP contribution in [0.2, 0.25) is 0 Å². The maximum atomic E-state index is 5.79. The summed E-state index contributed by atoms with van der Waals surface area (Å²) in [6, 6.07) is 6.63. The molecule has 3 heterocycles. The van der Waals surface area contributed by atoms with Crippen LogP contribution in [0.3, 0.4) is 0 Å². The first-order valence-corrected chi connectivity index (χ1v) is 10.5. The van der Waals surface area contributed by atoms with Crippen molar-refractivity contribution in [3.8, 4) is 17.0 Å². The molecule has 0 amide bonds. The molecular weight excluding hydrogens is 362 g/mol. The predicted molar refractivity (Wildman–Crippen MR) is 119 cm³/mol. The van der Waals surface area contributed by atoms with Gasteiger partial charge < -0.3 is 14.0 Å². The number of hydrogen-bond donors (Lipinski definition) is 0. The van der Waals surface area contributed by atoms with Crippen LogP contribution < -0.4 is 4.74 Å². The smallest absolute Gasteiger partial charge is 0.147 e. The van der Waals surface area contributed by atoms with Crippen LogP contribution >= 0.6 is 0 Å². The maximum Gasteiger partial charge on any atom is 0.147 e. The molecule has 0 aliphatic carbocycles. The number of nitrogens with zero attached hydrogens (tertiary/aromatic N) is 3. The van der Waals surface area contributed by atoms with E-state index in [4.69, 9.17) is 19.4 Å². The van der Waals surface area contributed by atoms with Gasteiger partial charge in [0.05, 0.1) is 30.8 Å². The summed E-state index contributed by atoms with van der Waals surface area (Å²) in [4.78, 5) is 9.97. The summed E-state index contributed by atoms with van der Waals surface area (Å²) in [6.45, 7) is 11.4. The Hall–Kier alpha value is -2.40. The van der Waals surface area contributed by atoms with Crippen molar-refractivity contribution in [2.75, 3.05) is 20.8 Å². The Morgan fingerprint density at radius 2 is 1.86 bits per heavy atom. The van der Waals surface area contributed by atoms with Crippen molar-refractivity contribution >= 4 is 11.0 Å². The molecule has 1 atom stereocenters. The Morgan fingerprint density at radius 3 is 2.45 bits per heavy atom. The Labute approximate surface area is 174 Å². The van der Waals surface area contributed by atoms with E-state index in [1.54, 1.807) is 14.2 Å². The van der Waals surface area contributed by atoms with E-state index in [-0.39, 0.29) is 6.04 Å². The first-order valence-electron chi connectivity index (χ1n) is 10.5. The third kappa shape index (κ3) is 4.01. The van der Waals surface area contributed by atoms with Crippen molar-refractivity contribution < 1.29 is 9.47 Å². The van der Waals surface area contributed by atoms with Gasteiger partial charge in [0.2, 0.25) is 0 Å². The van der Waals surface area contributed by atoms with Gasteiger partial charge in [-0.1, -0.05) is 27.7 Å². The van der Waals surface area contributed by atoms with Crippen LogP contribution in [0.4, 0.5) is 0 Å². The standard InChI is InChI=1S/C24H33N3O2/c1-8-17(14-28-6)27-13-16(5)23-21(27)12-22(29-7)24(26-23)18-10-11-20(15(3)4)25-19(18)9-2/h10-13,15,17H,8-9,14H2,1-7H3. The Kier molecular flexibility index (Phi) is 6.58. The van der Waals surface area contributed by atoms with E-state index in [0.29, 0.717) is 12.5 Å². The summed E-state index contributed by atoms with van der Waals surface area (Å²) in [5, 5.41) is 0. The lowest BCUT2D eigenvalue weighted by atomic mass is 10.0. The molecule has 0 aliphatic heterocycles. The molecule has 0 saturated carbocycles. The predicted octanol–water partition coefficient (Wildman–Crippen LogP) is 5.70. The lowest BCUT2D eigenvalue weighted by molar-refractivity contribution is 0.155. The van der Waals surface area contributed by atoms with Gasteiger partial charge in [0.15, 0.2) is 0 Å². The van der Waals surface area contributed by atoms with Gasteiger partial charge in [-0.05, 0) is 43.4 Å². The molecule has 0 fully saturated rings. The Bertz CT molecular complexity index is 991. The number of aryl methyl sites for hydroxylation is 2. The highest BCUT2D eigenvalue weighted by Gasteiger charge is 2.20. The van der Waals surface area contributed by atoms with Gasteiger partial charge in [-0.3, -0.25) is 4.98 Å². The summed E-state index contributed by atoms with van der Waals surface area (Å²) in [7, 11) is 3.46. The molecule has 0 radical (unpaired) electrons. The lowest BCUT2D eigenvalue weighted by Crippen LogP contribution is -2.13. The van der Waals surface area contributed by atoms with Gasteiger partial charge in [0, 0.05) is 36.3 Å². The van der Waals surface area contributed by atoms with E-state index >= 15 is 0 Å². The second kappa shape index (κ2) is 8.95. The van der Waals surface area contributed by atoms with E-state index in [1.165, 1.54) is 0 Å². The Balaban J connectivity index is 2.21. The van der Waals surface area contributed by atoms with Crippen molar-refractivity contribution in [1.82, 2.24) is 14.5 Å². The minimum absolute atomic E-state index is 0.270. The minimum Gasteiger partial charge on any atom is -0.494 e.